The molecule has 0 bridgehead atoms. The average molecular weight is 126 g/mol. The van der Waals surface area contributed by atoms with E-state index in [-0.39, 0.29) is 0 Å². The van der Waals surface area contributed by atoms with E-state index in [1.54, 1.807) is 12.2 Å². The van der Waals surface area contributed by atoms with Crippen LogP contribution in [0.4, 0.5) is 0 Å². The van der Waals surface area contributed by atoms with Gasteiger partial charge in [0.2, 0.25) is 0 Å². The van der Waals surface area contributed by atoms with Gasteiger partial charge in [-0.2, -0.15) is 0 Å². The summed E-state index contributed by atoms with van der Waals surface area (Å²) in [5.41, 5.74) is 1.20. The third kappa shape index (κ3) is 3.83. The maximum atomic E-state index is 8.94. The molecule has 0 aromatic rings. The van der Waals surface area contributed by atoms with E-state index < -0.39 is 0 Å². The second-order valence-electron chi connectivity index (χ2n) is 2.06. The zero-order valence-corrected chi connectivity index (χ0v) is 6.31. The second kappa shape index (κ2) is 4.19. The molecule has 0 heterocycles. The Hall–Kier alpha value is -0.720. The summed E-state index contributed by atoms with van der Waals surface area (Å²) >= 11 is 0. The highest BCUT2D eigenvalue weighted by Crippen LogP contribution is 2.01. The molecule has 0 saturated carbocycles. The molecule has 0 saturated heterocycles. The lowest BCUT2D eigenvalue weighted by atomic mass is 10.2. The molecule has 0 unspecified atom stereocenters. The maximum absolute atomic E-state index is 8.94. The smallest absolute Gasteiger partial charge is 0.111 e. The summed E-state index contributed by atoms with van der Waals surface area (Å²) in [5.74, 6) is 0.356. The Bertz CT molecular complexity index is 132. The topological polar surface area (TPSA) is 20.2 Å². The third-order valence-electron chi connectivity index (χ3n) is 1.25. The highest BCUT2D eigenvalue weighted by atomic mass is 16.3. The number of aliphatic hydroxyl groups excluding tert-OH is 1. The molecular formula is C8H14O. The molecule has 0 aliphatic carbocycles. The standard InChI is InChI=1S/C8H14O/c1-4-7(3)6-8(9)5-2/h5-6,9H,4H2,1-3H3/b7-6+,8-5+. The van der Waals surface area contributed by atoms with Crippen LogP contribution in [-0.2, 0) is 0 Å². The molecule has 0 rings (SSSR count). The summed E-state index contributed by atoms with van der Waals surface area (Å²) in [6.45, 7) is 5.88. The van der Waals surface area contributed by atoms with Crippen molar-refractivity contribution in [3.8, 4) is 0 Å². The summed E-state index contributed by atoms with van der Waals surface area (Å²) in [4.78, 5) is 0. The van der Waals surface area contributed by atoms with E-state index in [2.05, 4.69) is 6.92 Å². The Morgan fingerprint density at radius 2 is 2.11 bits per heavy atom. The first kappa shape index (κ1) is 8.28. The van der Waals surface area contributed by atoms with Crippen molar-refractivity contribution in [3.63, 3.8) is 0 Å². The van der Waals surface area contributed by atoms with Gasteiger partial charge in [0.25, 0.3) is 0 Å². The molecule has 1 N–H and O–H groups in total. The minimum Gasteiger partial charge on any atom is -0.508 e. The van der Waals surface area contributed by atoms with Gasteiger partial charge in [0.1, 0.15) is 5.76 Å². The van der Waals surface area contributed by atoms with Gasteiger partial charge in [0.05, 0.1) is 0 Å². The van der Waals surface area contributed by atoms with Gasteiger partial charge in [-0.1, -0.05) is 12.5 Å². The van der Waals surface area contributed by atoms with Crippen molar-refractivity contribution in [1.82, 2.24) is 0 Å². The van der Waals surface area contributed by atoms with Crippen LogP contribution in [0.3, 0.4) is 0 Å². The van der Waals surface area contributed by atoms with Crippen LogP contribution in [0, 0.1) is 0 Å². The Morgan fingerprint density at radius 1 is 1.56 bits per heavy atom. The quantitative estimate of drug-likeness (QED) is 0.445. The molecule has 9 heavy (non-hydrogen) atoms. The summed E-state index contributed by atoms with van der Waals surface area (Å²) < 4.78 is 0. The molecule has 1 heteroatoms. The molecule has 52 valence electrons. The second-order valence-corrected chi connectivity index (χ2v) is 2.06. The maximum Gasteiger partial charge on any atom is 0.111 e. The lowest BCUT2D eigenvalue weighted by Crippen LogP contribution is -1.76. The van der Waals surface area contributed by atoms with Gasteiger partial charge in [0, 0.05) is 0 Å². The molecule has 0 aromatic carbocycles. The van der Waals surface area contributed by atoms with Crippen LogP contribution in [0.25, 0.3) is 0 Å². The van der Waals surface area contributed by atoms with Gasteiger partial charge in [-0.3, -0.25) is 0 Å². The van der Waals surface area contributed by atoms with E-state index in [9.17, 15) is 0 Å². The van der Waals surface area contributed by atoms with Crippen LogP contribution in [0.1, 0.15) is 27.2 Å². The fourth-order valence-corrected chi connectivity index (χ4v) is 0.438. The average Bonchev–Trinajstić information content (AvgIpc) is 1.87. The third-order valence-corrected chi connectivity index (χ3v) is 1.25. The monoisotopic (exact) mass is 126 g/mol. The minimum atomic E-state index is 0.356. The van der Waals surface area contributed by atoms with Gasteiger partial charge in [-0.25, -0.2) is 0 Å². The number of hydrogen-bond acceptors (Lipinski definition) is 1. The summed E-state index contributed by atoms with van der Waals surface area (Å²) in [6.07, 6.45) is 4.46. The van der Waals surface area contributed by atoms with Crippen LogP contribution >= 0.6 is 0 Å². The molecule has 0 atom stereocenters. The number of aliphatic hydroxyl groups is 1. The predicted molar refractivity (Wildman–Crippen MR) is 40.4 cm³/mol. The molecule has 1 nitrogen and oxygen atoms in total. The molecule has 0 spiro atoms. The molecular weight excluding hydrogens is 112 g/mol. The van der Waals surface area contributed by atoms with Crippen molar-refractivity contribution in [2.45, 2.75) is 27.2 Å². The number of allylic oxidation sites excluding steroid dienone is 3. The van der Waals surface area contributed by atoms with Crippen molar-refractivity contribution in [1.29, 1.82) is 0 Å². The molecule has 0 aliphatic heterocycles. The van der Waals surface area contributed by atoms with Crippen LogP contribution in [0.5, 0.6) is 0 Å². The van der Waals surface area contributed by atoms with Crippen molar-refractivity contribution in [2.75, 3.05) is 0 Å². The van der Waals surface area contributed by atoms with Crippen LogP contribution in [0.15, 0.2) is 23.5 Å². The lowest BCUT2D eigenvalue weighted by molar-refractivity contribution is 0.430. The zero-order chi connectivity index (χ0) is 7.28. The highest BCUT2D eigenvalue weighted by Gasteiger charge is 1.84. The van der Waals surface area contributed by atoms with Crippen LogP contribution < -0.4 is 0 Å². The van der Waals surface area contributed by atoms with Gasteiger partial charge in [-0.05, 0) is 32.4 Å². The molecule has 0 aliphatic rings. The fourth-order valence-electron chi connectivity index (χ4n) is 0.438. The first-order valence-corrected chi connectivity index (χ1v) is 3.23. The molecule has 0 radical (unpaired) electrons. The fraction of sp³-hybridized carbons (Fsp3) is 0.500. The Morgan fingerprint density at radius 3 is 2.44 bits per heavy atom. The zero-order valence-electron chi connectivity index (χ0n) is 6.31. The normalized spacial score (nSPS) is 14.1. The van der Waals surface area contributed by atoms with Crippen molar-refractivity contribution in [2.24, 2.45) is 0 Å². The Labute approximate surface area is 56.7 Å². The van der Waals surface area contributed by atoms with Gasteiger partial charge < -0.3 is 5.11 Å². The van der Waals surface area contributed by atoms with E-state index >= 15 is 0 Å². The Balaban J connectivity index is 3.95. The van der Waals surface area contributed by atoms with E-state index in [1.807, 2.05) is 13.8 Å². The molecule has 0 amide bonds. The summed E-state index contributed by atoms with van der Waals surface area (Å²) in [7, 11) is 0. The van der Waals surface area contributed by atoms with Crippen LogP contribution in [0.2, 0.25) is 0 Å². The van der Waals surface area contributed by atoms with E-state index in [1.165, 1.54) is 5.57 Å². The first-order chi connectivity index (χ1) is 4.20. The SMILES string of the molecule is C/C=C(O)\C=C(/C)CC. The number of rotatable bonds is 2. The number of hydrogen-bond donors (Lipinski definition) is 1. The predicted octanol–water partition coefficient (Wildman–Crippen LogP) is 2.80. The molecule has 0 aromatic heterocycles. The minimum absolute atomic E-state index is 0.356. The van der Waals surface area contributed by atoms with Gasteiger partial charge >= 0.3 is 0 Å². The van der Waals surface area contributed by atoms with E-state index in [0.29, 0.717) is 5.76 Å². The largest absolute Gasteiger partial charge is 0.508 e. The lowest BCUT2D eigenvalue weighted by Gasteiger charge is -1.92. The van der Waals surface area contributed by atoms with Gasteiger partial charge in [-0.15, -0.1) is 0 Å². The van der Waals surface area contributed by atoms with E-state index in [0.717, 1.165) is 6.42 Å². The van der Waals surface area contributed by atoms with Crippen molar-refractivity contribution >= 4 is 0 Å². The van der Waals surface area contributed by atoms with E-state index in [4.69, 9.17) is 5.11 Å². The first-order valence-electron chi connectivity index (χ1n) is 3.23. The summed E-state index contributed by atoms with van der Waals surface area (Å²) in [5, 5.41) is 8.94. The van der Waals surface area contributed by atoms with Crippen LogP contribution in [-0.4, -0.2) is 5.11 Å². The molecule has 0 fully saturated rings. The summed E-state index contributed by atoms with van der Waals surface area (Å²) in [6, 6.07) is 0. The Kier molecular flexibility index (Phi) is 3.85. The van der Waals surface area contributed by atoms with Gasteiger partial charge in [0.15, 0.2) is 0 Å². The van der Waals surface area contributed by atoms with Crippen molar-refractivity contribution in [3.05, 3.63) is 23.5 Å². The van der Waals surface area contributed by atoms with Crippen molar-refractivity contribution < 1.29 is 5.11 Å². The highest BCUT2D eigenvalue weighted by molar-refractivity contribution is 5.14.